The van der Waals surface area contributed by atoms with Gasteiger partial charge < -0.3 is 40.3 Å². The lowest BCUT2D eigenvalue weighted by Crippen LogP contribution is -2.42. The molecule has 0 bridgehead atoms. The number of urea groups is 1. The highest BCUT2D eigenvalue weighted by Gasteiger charge is 2.28. The van der Waals surface area contributed by atoms with Crippen molar-refractivity contribution < 1.29 is 24.2 Å². The minimum absolute atomic E-state index is 0.278. The number of carboxylic acids is 1. The van der Waals surface area contributed by atoms with Gasteiger partial charge in [-0.2, -0.15) is 0 Å². The van der Waals surface area contributed by atoms with Crippen molar-refractivity contribution in [3.8, 4) is 11.5 Å². The number of benzene rings is 1. The maximum absolute atomic E-state index is 13.3. The zero-order chi connectivity index (χ0) is 24.9. The number of carboxylic acid groups (broad SMARTS) is 1. The maximum Gasteiger partial charge on any atom is 0.330 e. The van der Waals surface area contributed by atoms with Gasteiger partial charge in [-0.25, -0.2) is 9.59 Å². The number of thiophene rings is 1. The molecule has 10 nitrogen and oxygen atoms in total. The number of nitrogens with one attached hydrogen (secondary N) is 1. The van der Waals surface area contributed by atoms with Crippen LogP contribution in [0.5, 0.6) is 11.5 Å². The molecule has 2 amide bonds. The number of hydrogen-bond acceptors (Lipinski definition) is 8. The Kier molecular flexibility index (Phi) is 7.47. The fourth-order valence-corrected chi connectivity index (χ4v) is 4.47. The number of nitrogen functional groups attached to an aromatic ring is 1. The third kappa shape index (κ3) is 5.87. The number of aliphatic carboxylic acids is 1. The first-order valence-electron chi connectivity index (χ1n) is 11.1. The molecule has 0 radical (unpaired) electrons. The highest BCUT2D eigenvalue weighted by Crippen LogP contribution is 2.33. The van der Waals surface area contributed by atoms with Crippen LogP contribution < -0.4 is 25.4 Å². The molecular formula is C24H29N5O5S. The molecule has 1 aromatic carbocycles. The number of rotatable bonds is 8. The molecule has 0 spiro atoms. The molecule has 0 aliphatic carbocycles. The van der Waals surface area contributed by atoms with E-state index >= 15 is 0 Å². The standard InChI is InChI=1S/C24H29N5O5S/c1-27(2)7-8-28(24(32)26-17-4-6-21-22(11-17)34-10-9-33-21)12-16-3-5-19(23(30)31)29(13-16)20-15-35-14-18(20)25/h3-6,11,13-15,19H,7-10,12,25H2,1-2H3,(H,26,32)(H,30,31). The summed E-state index contributed by atoms with van der Waals surface area (Å²) >= 11 is 1.40. The zero-order valence-electron chi connectivity index (χ0n) is 19.6. The van der Waals surface area contributed by atoms with Crippen LogP contribution in [0, 0.1) is 0 Å². The molecule has 3 heterocycles. The van der Waals surface area contributed by atoms with E-state index in [2.05, 4.69) is 5.32 Å². The summed E-state index contributed by atoms with van der Waals surface area (Å²) in [6, 6.07) is 4.13. The van der Waals surface area contributed by atoms with Gasteiger partial charge in [-0.3, -0.25) is 0 Å². The van der Waals surface area contributed by atoms with Crippen molar-refractivity contribution in [2.75, 3.05) is 62.9 Å². The number of nitrogens with zero attached hydrogens (tertiary/aromatic N) is 3. The van der Waals surface area contributed by atoms with E-state index in [1.165, 1.54) is 11.3 Å². The van der Waals surface area contributed by atoms with Crippen LogP contribution >= 0.6 is 11.3 Å². The van der Waals surface area contributed by atoms with Crippen LogP contribution in [-0.4, -0.2) is 79.9 Å². The summed E-state index contributed by atoms with van der Waals surface area (Å²) in [7, 11) is 3.88. The van der Waals surface area contributed by atoms with Gasteiger partial charge in [-0.1, -0.05) is 12.2 Å². The van der Waals surface area contributed by atoms with Gasteiger partial charge in [-0.15, -0.1) is 11.3 Å². The summed E-state index contributed by atoms with van der Waals surface area (Å²) in [5, 5.41) is 16.2. The van der Waals surface area contributed by atoms with Crippen molar-refractivity contribution in [1.82, 2.24) is 9.80 Å². The molecule has 4 N–H and O–H groups in total. The van der Waals surface area contributed by atoms with E-state index in [9.17, 15) is 14.7 Å². The van der Waals surface area contributed by atoms with E-state index in [1.54, 1.807) is 51.7 Å². The van der Waals surface area contributed by atoms with E-state index in [-0.39, 0.29) is 12.6 Å². The second-order valence-electron chi connectivity index (χ2n) is 8.48. The minimum atomic E-state index is -0.983. The summed E-state index contributed by atoms with van der Waals surface area (Å²) in [5.74, 6) is 0.260. The number of ether oxygens (including phenoxy) is 2. The van der Waals surface area contributed by atoms with E-state index in [4.69, 9.17) is 15.2 Å². The van der Waals surface area contributed by atoms with Crippen molar-refractivity contribution in [1.29, 1.82) is 0 Å². The lowest BCUT2D eigenvalue weighted by atomic mass is 10.1. The molecule has 2 aromatic rings. The first kappa shape index (κ1) is 24.4. The number of fused-ring (bicyclic) bond motifs is 1. The molecular weight excluding hydrogens is 470 g/mol. The average Bonchev–Trinajstić information content (AvgIpc) is 3.26. The molecule has 2 aliphatic rings. The van der Waals surface area contributed by atoms with Crippen LogP contribution in [0.4, 0.5) is 21.9 Å². The number of hydrogen-bond donors (Lipinski definition) is 3. The van der Waals surface area contributed by atoms with Crippen molar-refractivity contribution in [3.63, 3.8) is 0 Å². The quantitative estimate of drug-likeness (QED) is 0.507. The number of likely N-dealkylation sites (N-methyl/N-ethyl adjacent to an activating group) is 1. The summed E-state index contributed by atoms with van der Waals surface area (Å²) in [6.07, 6.45) is 5.10. The Morgan fingerprint density at radius 1 is 1.20 bits per heavy atom. The summed E-state index contributed by atoms with van der Waals surface area (Å²) in [4.78, 5) is 30.4. The van der Waals surface area contributed by atoms with Gasteiger partial charge in [-0.05, 0) is 31.8 Å². The lowest BCUT2D eigenvalue weighted by molar-refractivity contribution is -0.137. The second-order valence-corrected chi connectivity index (χ2v) is 9.22. The lowest BCUT2D eigenvalue weighted by Gasteiger charge is -2.31. The predicted molar refractivity (Wildman–Crippen MR) is 136 cm³/mol. The van der Waals surface area contributed by atoms with Crippen molar-refractivity contribution in [3.05, 3.63) is 52.9 Å². The van der Waals surface area contributed by atoms with E-state index < -0.39 is 12.0 Å². The van der Waals surface area contributed by atoms with Crippen LogP contribution in [0.15, 0.2) is 52.9 Å². The Labute approximate surface area is 207 Å². The summed E-state index contributed by atoms with van der Waals surface area (Å²) in [6.45, 7) is 2.37. The third-order valence-electron chi connectivity index (χ3n) is 5.57. The number of amides is 2. The minimum Gasteiger partial charge on any atom is -0.486 e. The van der Waals surface area contributed by atoms with Crippen LogP contribution in [0.25, 0.3) is 0 Å². The first-order valence-corrected chi connectivity index (χ1v) is 12.1. The zero-order valence-corrected chi connectivity index (χ0v) is 20.5. The molecule has 35 heavy (non-hydrogen) atoms. The average molecular weight is 500 g/mol. The van der Waals surface area contributed by atoms with Crippen LogP contribution in [0.1, 0.15) is 0 Å². The Hall–Kier alpha value is -3.70. The monoisotopic (exact) mass is 499 g/mol. The molecule has 2 aliphatic heterocycles. The molecule has 0 fully saturated rings. The molecule has 186 valence electrons. The molecule has 0 saturated heterocycles. The Balaban J connectivity index is 1.53. The van der Waals surface area contributed by atoms with Crippen LogP contribution in [-0.2, 0) is 4.79 Å². The fraction of sp³-hybridized carbons (Fsp3) is 0.333. The smallest absolute Gasteiger partial charge is 0.330 e. The fourth-order valence-electron chi connectivity index (χ4n) is 3.75. The molecule has 1 unspecified atom stereocenters. The summed E-state index contributed by atoms with van der Waals surface area (Å²) in [5.41, 5.74) is 8.58. The number of carbonyl (C=O) groups is 2. The van der Waals surface area contributed by atoms with Crippen molar-refractivity contribution >= 4 is 40.4 Å². The van der Waals surface area contributed by atoms with Gasteiger partial charge in [0.2, 0.25) is 0 Å². The SMILES string of the molecule is CN(C)CCN(CC1=CN(c2cscc2N)C(C(=O)O)C=C1)C(=O)Nc1ccc2c(c1)OCCO2. The molecule has 4 rings (SSSR count). The van der Waals surface area contributed by atoms with Gasteiger partial charge >= 0.3 is 12.0 Å². The second kappa shape index (κ2) is 10.7. The van der Waals surface area contributed by atoms with Crippen molar-refractivity contribution in [2.24, 2.45) is 0 Å². The van der Waals surface area contributed by atoms with E-state index in [0.29, 0.717) is 54.9 Å². The van der Waals surface area contributed by atoms with Crippen LogP contribution in [0.2, 0.25) is 0 Å². The van der Waals surface area contributed by atoms with E-state index in [0.717, 1.165) is 5.57 Å². The molecule has 11 heteroatoms. The van der Waals surface area contributed by atoms with E-state index in [1.807, 2.05) is 24.4 Å². The Morgan fingerprint density at radius 2 is 1.97 bits per heavy atom. The molecule has 1 aromatic heterocycles. The number of anilines is 3. The van der Waals surface area contributed by atoms with Gasteiger partial charge in [0.25, 0.3) is 0 Å². The Bertz CT molecular complexity index is 1150. The first-order chi connectivity index (χ1) is 16.8. The third-order valence-corrected chi connectivity index (χ3v) is 6.32. The Morgan fingerprint density at radius 3 is 2.66 bits per heavy atom. The van der Waals surface area contributed by atoms with Gasteiger partial charge in [0.15, 0.2) is 11.5 Å². The van der Waals surface area contributed by atoms with Gasteiger partial charge in [0.1, 0.15) is 19.3 Å². The molecule has 1 atom stereocenters. The predicted octanol–water partition coefficient (Wildman–Crippen LogP) is 2.91. The highest BCUT2D eigenvalue weighted by atomic mass is 32.1. The summed E-state index contributed by atoms with van der Waals surface area (Å²) < 4.78 is 11.2. The normalized spacial score (nSPS) is 16.7. The van der Waals surface area contributed by atoms with Crippen molar-refractivity contribution in [2.45, 2.75) is 6.04 Å². The van der Waals surface area contributed by atoms with Gasteiger partial charge in [0, 0.05) is 48.3 Å². The van der Waals surface area contributed by atoms with Gasteiger partial charge in [0.05, 0.1) is 11.4 Å². The molecule has 0 saturated carbocycles. The number of carbonyl (C=O) groups excluding carboxylic acids is 1. The maximum atomic E-state index is 13.3. The van der Waals surface area contributed by atoms with Crippen LogP contribution in [0.3, 0.4) is 0 Å². The number of nitrogens with two attached hydrogens (primary N) is 1. The largest absolute Gasteiger partial charge is 0.486 e. The topological polar surface area (TPSA) is 121 Å². The highest BCUT2D eigenvalue weighted by molar-refractivity contribution is 7.08.